The van der Waals surface area contributed by atoms with Crippen LogP contribution in [-0.4, -0.2) is 53.7 Å². The minimum atomic E-state index is -0.932. The minimum Gasteiger partial charge on any atom is -0.491 e. The standard InChI is InChI=1S/C17H24N2O4/c1-14(20)18-12-16(21)19-10-5-8-17(22,9-11-19)13-23-15-6-3-2-4-7-15/h2-4,6-7,22H,5,8-13H2,1H3,(H,18,20). The largest absolute Gasteiger partial charge is 0.491 e. The lowest BCUT2D eigenvalue weighted by Crippen LogP contribution is -2.41. The van der Waals surface area contributed by atoms with E-state index in [1.54, 1.807) is 4.90 Å². The van der Waals surface area contributed by atoms with Crippen molar-refractivity contribution in [3.63, 3.8) is 0 Å². The Labute approximate surface area is 136 Å². The maximum Gasteiger partial charge on any atom is 0.241 e. The number of ether oxygens (including phenoxy) is 1. The van der Waals surface area contributed by atoms with Crippen LogP contribution in [0.1, 0.15) is 26.2 Å². The molecule has 23 heavy (non-hydrogen) atoms. The van der Waals surface area contributed by atoms with E-state index in [0.717, 1.165) is 5.75 Å². The topological polar surface area (TPSA) is 78.9 Å². The summed E-state index contributed by atoms with van der Waals surface area (Å²) in [5, 5.41) is 13.2. The van der Waals surface area contributed by atoms with Crippen LogP contribution in [0.4, 0.5) is 0 Å². The number of likely N-dealkylation sites (tertiary alicyclic amines) is 1. The van der Waals surface area contributed by atoms with E-state index in [1.165, 1.54) is 6.92 Å². The first kappa shape index (κ1) is 17.3. The molecule has 2 N–H and O–H groups in total. The van der Waals surface area contributed by atoms with E-state index in [9.17, 15) is 14.7 Å². The number of rotatable bonds is 5. The molecule has 0 spiro atoms. The van der Waals surface area contributed by atoms with Crippen molar-refractivity contribution in [2.45, 2.75) is 31.8 Å². The number of hydrogen-bond donors (Lipinski definition) is 2. The lowest BCUT2D eigenvalue weighted by Gasteiger charge is -2.27. The van der Waals surface area contributed by atoms with Crippen molar-refractivity contribution in [3.8, 4) is 5.75 Å². The maximum absolute atomic E-state index is 12.0. The minimum absolute atomic E-state index is 0.00821. The molecule has 1 aliphatic rings. The Kier molecular flexibility index (Phi) is 5.98. The van der Waals surface area contributed by atoms with Crippen LogP contribution in [0, 0.1) is 0 Å². The average molecular weight is 320 g/mol. The molecule has 0 bridgehead atoms. The van der Waals surface area contributed by atoms with Crippen molar-refractivity contribution >= 4 is 11.8 Å². The number of para-hydroxylation sites is 1. The lowest BCUT2D eigenvalue weighted by molar-refractivity contribution is -0.132. The zero-order chi connectivity index (χ0) is 16.7. The van der Waals surface area contributed by atoms with Crippen LogP contribution in [0.5, 0.6) is 5.75 Å². The highest BCUT2D eigenvalue weighted by atomic mass is 16.5. The molecular formula is C17H24N2O4. The third-order valence-corrected chi connectivity index (χ3v) is 4.01. The molecule has 1 aromatic rings. The smallest absolute Gasteiger partial charge is 0.241 e. The average Bonchev–Trinajstić information content (AvgIpc) is 2.74. The summed E-state index contributed by atoms with van der Waals surface area (Å²) in [6.07, 6.45) is 1.76. The summed E-state index contributed by atoms with van der Waals surface area (Å²) < 4.78 is 5.67. The summed E-state index contributed by atoms with van der Waals surface area (Å²) in [7, 11) is 0. The number of hydrogen-bond acceptors (Lipinski definition) is 4. The molecule has 0 radical (unpaired) electrons. The second kappa shape index (κ2) is 7.97. The number of nitrogens with zero attached hydrogens (tertiary/aromatic N) is 1. The highest BCUT2D eigenvalue weighted by molar-refractivity contribution is 5.83. The Bertz CT molecular complexity index is 535. The van der Waals surface area contributed by atoms with Gasteiger partial charge in [-0.15, -0.1) is 0 Å². The Morgan fingerprint density at radius 1 is 1.26 bits per heavy atom. The first-order valence-electron chi connectivity index (χ1n) is 7.91. The fourth-order valence-electron chi connectivity index (χ4n) is 2.62. The Morgan fingerprint density at radius 3 is 2.70 bits per heavy atom. The summed E-state index contributed by atoms with van der Waals surface area (Å²) >= 11 is 0. The van der Waals surface area contributed by atoms with Gasteiger partial charge in [-0.3, -0.25) is 9.59 Å². The molecule has 2 rings (SSSR count). The predicted octanol–water partition coefficient (Wildman–Crippen LogP) is 0.945. The fraction of sp³-hybridized carbons (Fsp3) is 0.529. The summed E-state index contributed by atoms with van der Waals surface area (Å²) in [6, 6.07) is 9.38. The number of benzene rings is 1. The molecule has 1 unspecified atom stereocenters. The van der Waals surface area contributed by atoms with Crippen LogP contribution < -0.4 is 10.1 Å². The van der Waals surface area contributed by atoms with E-state index < -0.39 is 5.60 Å². The van der Waals surface area contributed by atoms with E-state index >= 15 is 0 Å². The summed E-state index contributed by atoms with van der Waals surface area (Å²) in [6.45, 7) is 2.66. The van der Waals surface area contributed by atoms with Crippen molar-refractivity contribution in [3.05, 3.63) is 30.3 Å². The zero-order valence-corrected chi connectivity index (χ0v) is 13.5. The van der Waals surface area contributed by atoms with Crippen molar-refractivity contribution in [2.24, 2.45) is 0 Å². The maximum atomic E-state index is 12.0. The Hall–Kier alpha value is -2.08. The van der Waals surface area contributed by atoms with Crippen molar-refractivity contribution in [1.29, 1.82) is 0 Å². The molecule has 1 fully saturated rings. The number of aliphatic hydroxyl groups is 1. The third-order valence-electron chi connectivity index (χ3n) is 4.01. The first-order valence-corrected chi connectivity index (χ1v) is 7.91. The summed E-state index contributed by atoms with van der Waals surface area (Å²) in [4.78, 5) is 24.6. The number of amides is 2. The highest BCUT2D eigenvalue weighted by Gasteiger charge is 2.32. The van der Waals surface area contributed by atoms with E-state index in [4.69, 9.17) is 4.74 Å². The number of carbonyl (C=O) groups excluding carboxylic acids is 2. The van der Waals surface area contributed by atoms with Gasteiger partial charge in [0, 0.05) is 20.0 Å². The molecule has 126 valence electrons. The molecule has 1 aromatic carbocycles. The quantitative estimate of drug-likeness (QED) is 0.846. The van der Waals surface area contributed by atoms with Gasteiger partial charge in [-0.2, -0.15) is 0 Å². The second-order valence-corrected chi connectivity index (χ2v) is 5.97. The lowest BCUT2D eigenvalue weighted by atomic mass is 9.96. The Morgan fingerprint density at radius 2 is 2.00 bits per heavy atom. The number of carbonyl (C=O) groups is 2. The molecule has 1 heterocycles. The molecule has 1 aliphatic heterocycles. The van der Waals surface area contributed by atoms with Crippen molar-refractivity contribution < 1.29 is 19.4 Å². The summed E-state index contributed by atoms with van der Waals surface area (Å²) in [5.41, 5.74) is -0.932. The number of nitrogens with one attached hydrogen (secondary N) is 1. The van der Waals surface area contributed by atoms with Gasteiger partial charge in [-0.05, 0) is 31.4 Å². The monoisotopic (exact) mass is 320 g/mol. The first-order chi connectivity index (χ1) is 11.0. The highest BCUT2D eigenvalue weighted by Crippen LogP contribution is 2.24. The van der Waals surface area contributed by atoms with Crippen LogP contribution in [0.2, 0.25) is 0 Å². The molecule has 0 aromatic heterocycles. The predicted molar refractivity (Wildman–Crippen MR) is 86.0 cm³/mol. The van der Waals surface area contributed by atoms with E-state index in [0.29, 0.717) is 32.4 Å². The third kappa shape index (κ3) is 5.56. The van der Waals surface area contributed by atoms with Gasteiger partial charge in [0.2, 0.25) is 11.8 Å². The van der Waals surface area contributed by atoms with Gasteiger partial charge < -0.3 is 20.1 Å². The zero-order valence-electron chi connectivity index (χ0n) is 13.5. The van der Waals surface area contributed by atoms with Crippen LogP contribution in [0.25, 0.3) is 0 Å². The molecule has 0 saturated carbocycles. The van der Waals surface area contributed by atoms with E-state index in [2.05, 4.69) is 5.32 Å². The van der Waals surface area contributed by atoms with E-state index in [-0.39, 0.29) is 25.0 Å². The van der Waals surface area contributed by atoms with Gasteiger partial charge in [0.25, 0.3) is 0 Å². The molecule has 6 heteroatoms. The van der Waals surface area contributed by atoms with Gasteiger partial charge >= 0.3 is 0 Å². The van der Waals surface area contributed by atoms with Crippen LogP contribution in [0.15, 0.2) is 30.3 Å². The molecule has 1 saturated heterocycles. The summed E-state index contributed by atoms with van der Waals surface area (Å²) in [5.74, 6) is 0.387. The van der Waals surface area contributed by atoms with Gasteiger partial charge in [0.15, 0.2) is 0 Å². The van der Waals surface area contributed by atoms with Crippen LogP contribution in [0.3, 0.4) is 0 Å². The molecule has 1 atom stereocenters. The molecule has 2 amide bonds. The molecular weight excluding hydrogens is 296 g/mol. The van der Waals surface area contributed by atoms with Crippen molar-refractivity contribution in [1.82, 2.24) is 10.2 Å². The van der Waals surface area contributed by atoms with Crippen molar-refractivity contribution in [2.75, 3.05) is 26.2 Å². The Balaban J connectivity index is 1.84. The normalized spacial score (nSPS) is 21.4. The van der Waals surface area contributed by atoms with Gasteiger partial charge in [0.1, 0.15) is 18.0 Å². The fourth-order valence-corrected chi connectivity index (χ4v) is 2.62. The molecule has 6 nitrogen and oxygen atoms in total. The second-order valence-electron chi connectivity index (χ2n) is 5.97. The van der Waals surface area contributed by atoms with Gasteiger partial charge in [-0.25, -0.2) is 0 Å². The van der Waals surface area contributed by atoms with Gasteiger partial charge in [-0.1, -0.05) is 18.2 Å². The van der Waals surface area contributed by atoms with Crippen LogP contribution in [-0.2, 0) is 9.59 Å². The van der Waals surface area contributed by atoms with Gasteiger partial charge in [0.05, 0.1) is 6.54 Å². The SMILES string of the molecule is CC(=O)NCC(=O)N1CCCC(O)(COc2ccccc2)CC1. The van der Waals surface area contributed by atoms with Crippen LogP contribution >= 0.6 is 0 Å². The molecule has 0 aliphatic carbocycles. The van der Waals surface area contributed by atoms with E-state index in [1.807, 2.05) is 30.3 Å².